The smallest absolute Gasteiger partial charge is 0.222 e. The Bertz CT molecular complexity index is 1450. The minimum Gasteiger partial charge on any atom is -0.330 e. The second-order valence-corrected chi connectivity index (χ2v) is 10.6. The molecule has 176 valence electrons. The molecular weight excluding hydrogens is 452 g/mol. The number of sulfone groups is 1. The lowest BCUT2D eigenvalue weighted by Crippen LogP contribution is -2.27. The molecule has 0 radical (unpaired) electrons. The summed E-state index contributed by atoms with van der Waals surface area (Å²) < 4.78 is 29.2. The molecule has 0 N–H and O–H groups in total. The molecule has 5 aromatic rings. The molecule has 5 rings (SSSR count). The van der Waals surface area contributed by atoms with Crippen molar-refractivity contribution >= 4 is 20.7 Å². The van der Waals surface area contributed by atoms with E-state index in [1.165, 1.54) is 11.1 Å². The van der Waals surface area contributed by atoms with Crippen LogP contribution < -0.4 is 0 Å². The molecule has 4 aromatic carbocycles. The van der Waals surface area contributed by atoms with Gasteiger partial charge in [-0.1, -0.05) is 97.1 Å². The maximum Gasteiger partial charge on any atom is 0.222 e. The molecule has 35 heavy (non-hydrogen) atoms. The van der Waals surface area contributed by atoms with Crippen LogP contribution in [0.4, 0.5) is 0 Å². The van der Waals surface area contributed by atoms with Crippen molar-refractivity contribution in [2.45, 2.75) is 29.6 Å². The molecule has 0 saturated heterocycles. The summed E-state index contributed by atoms with van der Waals surface area (Å²) in [6.07, 6.45) is 0. The van der Waals surface area contributed by atoms with Crippen molar-refractivity contribution in [1.82, 2.24) is 9.47 Å². The Hall–Kier alpha value is -3.67. The van der Waals surface area contributed by atoms with E-state index in [1.54, 1.807) is 30.3 Å². The molecule has 0 spiro atoms. The number of hydrogen-bond acceptors (Lipinski definition) is 3. The first-order valence-electron chi connectivity index (χ1n) is 11.8. The highest BCUT2D eigenvalue weighted by Gasteiger charge is 2.24. The third-order valence-electron chi connectivity index (χ3n) is 6.24. The molecule has 0 fully saturated rings. The lowest BCUT2D eigenvalue weighted by atomic mass is 10.1. The van der Waals surface area contributed by atoms with Crippen LogP contribution >= 0.6 is 0 Å². The van der Waals surface area contributed by atoms with E-state index in [4.69, 9.17) is 0 Å². The van der Waals surface area contributed by atoms with Crippen molar-refractivity contribution < 1.29 is 8.42 Å². The van der Waals surface area contributed by atoms with Gasteiger partial charge in [-0.05, 0) is 35.4 Å². The van der Waals surface area contributed by atoms with Gasteiger partial charge in [-0.25, -0.2) is 8.42 Å². The largest absolute Gasteiger partial charge is 0.330 e. The topological polar surface area (TPSA) is 42.3 Å². The first-order chi connectivity index (χ1) is 17.1. The van der Waals surface area contributed by atoms with Crippen LogP contribution in [0.15, 0.2) is 131 Å². The van der Waals surface area contributed by atoms with E-state index in [2.05, 4.69) is 53.4 Å². The van der Waals surface area contributed by atoms with E-state index in [9.17, 15) is 8.42 Å². The molecule has 0 aliphatic carbocycles. The standard InChI is InChI=1S/C30H28N2O2S/c33-35(34,28-17-8-3-9-18-28)30-22-27-16-10-11-19-29(27)32(30)21-20-31(23-25-12-4-1-5-13-25)24-26-14-6-2-7-15-26/h1-19,22H,20-21,23-24H2. The van der Waals surface area contributed by atoms with Crippen molar-refractivity contribution in [2.75, 3.05) is 6.54 Å². The molecule has 1 aromatic heterocycles. The van der Waals surface area contributed by atoms with Gasteiger partial charge in [0.25, 0.3) is 0 Å². The molecule has 1 heterocycles. The third kappa shape index (κ3) is 5.21. The van der Waals surface area contributed by atoms with Crippen LogP contribution in [0.3, 0.4) is 0 Å². The van der Waals surface area contributed by atoms with E-state index in [1.807, 2.05) is 47.0 Å². The number of aromatic nitrogens is 1. The second-order valence-electron chi connectivity index (χ2n) is 8.69. The Morgan fingerprint density at radius 3 is 1.74 bits per heavy atom. The Morgan fingerprint density at radius 1 is 0.629 bits per heavy atom. The predicted molar refractivity (Wildman–Crippen MR) is 141 cm³/mol. The minimum atomic E-state index is -3.65. The van der Waals surface area contributed by atoms with Gasteiger partial charge in [0.1, 0.15) is 5.03 Å². The number of benzene rings is 4. The van der Waals surface area contributed by atoms with Gasteiger partial charge in [0, 0.05) is 37.1 Å². The summed E-state index contributed by atoms with van der Waals surface area (Å²) in [4.78, 5) is 2.69. The summed E-state index contributed by atoms with van der Waals surface area (Å²) in [5.74, 6) is 0. The number of hydrogen-bond donors (Lipinski definition) is 0. The second kappa shape index (κ2) is 10.3. The van der Waals surface area contributed by atoms with Gasteiger partial charge < -0.3 is 4.57 Å². The minimum absolute atomic E-state index is 0.314. The molecule has 5 heteroatoms. The van der Waals surface area contributed by atoms with Crippen molar-refractivity contribution in [3.05, 3.63) is 132 Å². The zero-order valence-corrected chi connectivity index (χ0v) is 20.3. The molecule has 0 unspecified atom stereocenters. The average molecular weight is 481 g/mol. The summed E-state index contributed by atoms with van der Waals surface area (Å²) in [6, 6.07) is 39.2. The summed E-state index contributed by atoms with van der Waals surface area (Å²) in [7, 11) is -3.65. The van der Waals surface area contributed by atoms with E-state index in [-0.39, 0.29) is 0 Å². The fourth-order valence-corrected chi connectivity index (χ4v) is 6.02. The third-order valence-corrected chi connectivity index (χ3v) is 8.02. The van der Waals surface area contributed by atoms with Crippen LogP contribution in [0.2, 0.25) is 0 Å². The maximum absolute atomic E-state index is 13.6. The summed E-state index contributed by atoms with van der Waals surface area (Å²) in [6.45, 7) is 2.85. The van der Waals surface area contributed by atoms with Gasteiger partial charge in [-0.3, -0.25) is 4.90 Å². The van der Waals surface area contributed by atoms with Gasteiger partial charge in [-0.2, -0.15) is 0 Å². The Morgan fingerprint density at radius 2 is 1.14 bits per heavy atom. The molecule has 0 amide bonds. The van der Waals surface area contributed by atoms with E-state index in [0.717, 1.165) is 24.0 Å². The van der Waals surface area contributed by atoms with Crippen molar-refractivity contribution in [2.24, 2.45) is 0 Å². The van der Waals surface area contributed by atoms with Gasteiger partial charge >= 0.3 is 0 Å². The van der Waals surface area contributed by atoms with Crippen LogP contribution in [0.5, 0.6) is 0 Å². The SMILES string of the molecule is O=S(=O)(c1ccccc1)c1cc2ccccc2n1CCN(Cc1ccccc1)Cc1ccccc1. The monoisotopic (exact) mass is 480 g/mol. The fraction of sp³-hybridized carbons (Fsp3) is 0.133. The normalized spacial score (nSPS) is 11.8. The number of para-hydroxylation sites is 1. The van der Waals surface area contributed by atoms with Crippen molar-refractivity contribution in [1.29, 1.82) is 0 Å². The number of rotatable bonds is 9. The summed E-state index contributed by atoms with van der Waals surface area (Å²) in [5, 5.41) is 1.27. The molecule has 0 atom stereocenters. The first-order valence-corrected chi connectivity index (χ1v) is 13.3. The molecular formula is C30H28N2O2S. The molecule has 0 bridgehead atoms. The Balaban J connectivity index is 1.49. The first kappa shape index (κ1) is 23.1. The van der Waals surface area contributed by atoms with E-state index in [0.29, 0.717) is 23.0 Å². The predicted octanol–water partition coefficient (Wildman–Crippen LogP) is 6.18. The van der Waals surface area contributed by atoms with Crippen LogP contribution in [-0.4, -0.2) is 24.4 Å². The molecule has 0 aliphatic rings. The Labute approximate surface area is 207 Å². The van der Waals surface area contributed by atoms with Crippen LogP contribution in [-0.2, 0) is 29.5 Å². The van der Waals surface area contributed by atoms with Crippen LogP contribution in [0.25, 0.3) is 10.9 Å². The zero-order chi connectivity index (χ0) is 24.1. The Kier molecular flexibility index (Phi) is 6.80. The zero-order valence-electron chi connectivity index (χ0n) is 19.5. The van der Waals surface area contributed by atoms with Gasteiger partial charge in [-0.15, -0.1) is 0 Å². The van der Waals surface area contributed by atoms with E-state index < -0.39 is 9.84 Å². The number of fused-ring (bicyclic) bond motifs is 1. The molecule has 0 aliphatic heterocycles. The fourth-order valence-electron chi connectivity index (χ4n) is 4.50. The van der Waals surface area contributed by atoms with Crippen molar-refractivity contribution in [3.8, 4) is 0 Å². The molecule has 0 saturated carbocycles. The lowest BCUT2D eigenvalue weighted by Gasteiger charge is -2.24. The highest BCUT2D eigenvalue weighted by molar-refractivity contribution is 7.91. The summed E-state index contributed by atoms with van der Waals surface area (Å²) in [5.41, 5.74) is 3.40. The van der Waals surface area contributed by atoms with Crippen LogP contribution in [0.1, 0.15) is 11.1 Å². The van der Waals surface area contributed by atoms with Crippen LogP contribution in [0, 0.1) is 0 Å². The van der Waals surface area contributed by atoms with Crippen molar-refractivity contribution in [3.63, 3.8) is 0 Å². The van der Waals surface area contributed by atoms with Gasteiger partial charge in [0.15, 0.2) is 0 Å². The number of nitrogens with zero attached hydrogens (tertiary/aromatic N) is 2. The van der Waals surface area contributed by atoms with Gasteiger partial charge in [0.05, 0.1) is 4.90 Å². The highest BCUT2D eigenvalue weighted by Crippen LogP contribution is 2.28. The van der Waals surface area contributed by atoms with E-state index >= 15 is 0 Å². The molecule has 4 nitrogen and oxygen atoms in total. The van der Waals surface area contributed by atoms with Gasteiger partial charge in [0.2, 0.25) is 9.84 Å². The quantitative estimate of drug-likeness (QED) is 0.253. The highest BCUT2D eigenvalue weighted by atomic mass is 32.2. The lowest BCUT2D eigenvalue weighted by molar-refractivity contribution is 0.245. The maximum atomic E-state index is 13.6. The average Bonchev–Trinajstić information content (AvgIpc) is 3.28. The summed E-state index contributed by atoms with van der Waals surface area (Å²) >= 11 is 0.